The fourth-order valence-corrected chi connectivity index (χ4v) is 2.72. The van der Waals surface area contributed by atoms with Gasteiger partial charge in [-0.3, -0.25) is 10.1 Å². The predicted octanol–water partition coefficient (Wildman–Crippen LogP) is 3.35. The van der Waals surface area contributed by atoms with Crippen LogP contribution in [0.3, 0.4) is 0 Å². The maximum Gasteiger partial charge on any atom is 0.233 e. The van der Waals surface area contributed by atoms with Gasteiger partial charge in [0.05, 0.1) is 11.7 Å². The van der Waals surface area contributed by atoms with E-state index in [4.69, 9.17) is 0 Å². The molecule has 0 spiro atoms. The fourth-order valence-electron chi connectivity index (χ4n) is 2.72. The highest BCUT2D eigenvalue weighted by Crippen LogP contribution is 2.39. The lowest BCUT2D eigenvalue weighted by Gasteiger charge is -2.14. The second kappa shape index (κ2) is 7.07. The number of H-pyrrole nitrogens is 1. The lowest BCUT2D eigenvalue weighted by atomic mass is 10.2. The van der Waals surface area contributed by atoms with Gasteiger partial charge in [-0.25, -0.2) is 0 Å². The Kier molecular flexibility index (Phi) is 4.47. The van der Waals surface area contributed by atoms with Gasteiger partial charge in [-0.1, -0.05) is 13.0 Å². The average Bonchev–Trinajstić information content (AvgIpc) is 3.42. The fraction of sp³-hybridized carbons (Fsp3) is 0.389. The number of aryl methyl sites for hydroxylation is 1. The molecule has 1 aliphatic carbocycles. The molecule has 4 rings (SSSR count). The van der Waals surface area contributed by atoms with Crippen LogP contribution in [0.15, 0.2) is 30.5 Å². The molecule has 0 amide bonds. The van der Waals surface area contributed by atoms with Gasteiger partial charge in [0.15, 0.2) is 5.82 Å². The first-order valence-electron chi connectivity index (χ1n) is 8.96. The number of anilines is 3. The van der Waals surface area contributed by atoms with Crippen molar-refractivity contribution in [2.75, 3.05) is 10.6 Å². The molecule has 3 N–H and O–H groups in total. The van der Waals surface area contributed by atoms with Crippen LogP contribution < -0.4 is 10.6 Å². The summed E-state index contributed by atoms with van der Waals surface area (Å²) in [5, 5.41) is 13.9. The number of hydrogen-bond acceptors (Lipinski definition) is 7. The molecule has 26 heavy (non-hydrogen) atoms. The molecule has 3 aromatic rings. The zero-order valence-corrected chi connectivity index (χ0v) is 14.9. The first kappa shape index (κ1) is 16.4. The van der Waals surface area contributed by atoms with E-state index in [1.807, 2.05) is 38.1 Å². The van der Waals surface area contributed by atoms with Crippen LogP contribution in [-0.4, -0.2) is 30.1 Å². The van der Waals surface area contributed by atoms with Crippen LogP contribution in [0.5, 0.6) is 0 Å². The Balaban J connectivity index is 1.52. The molecule has 0 saturated heterocycles. The van der Waals surface area contributed by atoms with E-state index >= 15 is 0 Å². The Hall–Kier alpha value is -3.03. The minimum Gasteiger partial charge on any atom is -0.346 e. The van der Waals surface area contributed by atoms with Crippen molar-refractivity contribution < 1.29 is 0 Å². The van der Waals surface area contributed by atoms with Crippen LogP contribution in [0, 0.1) is 0 Å². The van der Waals surface area contributed by atoms with Gasteiger partial charge in [0.25, 0.3) is 0 Å². The van der Waals surface area contributed by atoms with Crippen molar-refractivity contribution in [2.24, 2.45) is 0 Å². The quantitative estimate of drug-likeness (QED) is 0.600. The third-order valence-electron chi connectivity index (χ3n) is 4.33. The number of pyridine rings is 1. The van der Waals surface area contributed by atoms with Gasteiger partial charge in [-0.15, -0.1) is 0 Å². The summed E-state index contributed by atoms with van der Waals surface area (Å²) in [5.41, 5.74) is 2.10. The number of aromatic amines is 1. The molecule has 0 aromatic carbocycles. The number of nitrogens with zero attached hydrogens (tertiary/aromatic N) is 5. The van der Waals surface area contributed by atoms with Crippen LogP contribution in [-0.2, 0) is 6.42 Å². The van der Waals surface area contributed by atoms with E-state index in [-0.39, 0.29) is 6.04 Å². The second-order valence-electron chi connectivity index (χ2n) is 6.48. The summed E-state index contributed by atoms with van der Waals surface area (Å²) in [6, 6.07) is 7.85. The lowest BCUT2D eigenvalue weighted by molar-refractivity contribution is 0.806. The van der Waals surface area contributed by atoms with Crippen molar-refractivity contribution in [3.05, 3.63) is 47.7 Å². The first-order valence-corrected chi connectivity index (χ1v) is 8.96. The Morgan fingerprint density at radius 1 is 1.19 bits per heavy atom. The van der Waals surface area contributed by atoms with E-state index in [2.05, 4.69) is 40.8 Å². The van der Waals surface area contributed by atoms with Crippen LogP contribution >= 0.6 is 0 Å². The summed E-state index contributed by atoms with van der Waals surface area (Å²) >= 11 is 0. The highest BCUT2D eigenvalue weighted by molar-refractivity contribution is 5.50. The molecule has 8 heteroatoms. The smallest absolute Gasteiger partial charge is 0.233 e. The van der Waals surface area contributed by atoms with Crippen molar-refractivity contribution in [1.82, 2.24) is 30.1 Å². The van der Waals surface area contributed by atoms with E-state index in [0.717, 1.165) is 23.8 Å². The van der Waals surface area contributed by atoms with Crippen LogP contribution in [0.2, 0.25) is 0 Å². The van der Waals surface area contributed by atoms with Crippen molar-refractivity contribution in [3.63, 3.8) is 0 Å². The molecule has 1 unspecified atom stereocenters. The van der Waals surface area contributed by atoms with Gasteiger partial charge in [0, 0.05) is 30.3 Å². The maximum atomic E-state index is 4.49. The average molecular weight is 350 g/mol. The van der Waals surface area contributed by atoms with Gasteiger partial charge >= 0.3 is 0 Å². The summed E-state index contributed by atoms with van der Waals surface area (Å²) in [4.78, 5) is 17.8. The van der Waals surface area contributed by atoms with E-state index in [0.29, 0.717) is 17.8 Å². The minimum atomic E-state index is -0.0111. The highest BCUT2D eigenvalue weighted by atomic mass is 15.3. The maximum absolute atomic E-state index is 4.49. The van der Waals surface area contributed by atoms with E-state index < -0.39 is 0 Å². The zero-order valence-electron chi connectivity index (χ0n) is 14.9. The van der Waals surface area contributed by atoms with Crippen LogP contribution in [0.4, 0.5) is 17.7 Å². The molecular weight excluding hydrogens is 328 g/mol. The molecule has 1 aliphatic rings. The number of aromatic nitrogens is 6. The topological polar surface area (TPSA) is 104 Å². The second-order valence-corrected chi connectivity index (χ2v) is 6.48. The van der Waals surface area contributed by atoms with Crippen LogP contribution in [0.1, 0.15) is 55.9 Å². The monoisotopic (exact) mass is 350 g/mol. The van der Waals surface area contributed by atoms with Gasteiger partial charge < -0.3 is 10.6 Å². The molecule has 0 aliphatic heterocycles. The highest BCUT2D eigenvalue weighted by Gasteiger charge is 2.25. The Morgan fingerprint density at radius 3 is 2.77 bits per heavy atom. The summed E-state index contributed by atoms with van der Waals surface area (Å²) in [5.74, 6) is 3.08. The predicted molar refractivity (Wildman–Crippen MR) is 99.3 cm³/mol. The zero-order chi connectivity index (χ0) is 17.9. The number of rotatable bonds is 7. The molecule has 0 radical (unpaired) electrons. The normalized spacial score (nSPS) is 14.8. The summed E-state index contributed by atoms with van der Waals surface area (Å²) < 4.78 is 0. The first-order chi connectivity index (χ1) is 12.7. The molecule has 3 aromatic heterocycles. The molecule has 0 bridgehead atoms. The van der Waals surface area contributed by atoms with E-state index in [9.17, 15) is 0 Å². The minimum absolute atomic E-state index is 0.0111. The molecule has 1 fully saturated rings. The van der Waals surface area contributed by atoms with Crippen molar-refractivity contribution >= 4 is 17.7 Å². The Bertz CT molecular complexity index is 872. The van der Waals surface area contributed by atoms with Gasteiger partial charge in [-0.2, -0.15) is 20.1 Å². The standard InChI is InChI=1S/C18H22N8/c1-3-15-21-17(20-11(2)13-6-4-5-9-19-13)24-18(22-15)23-16-10-14(25-26-16)12-7-8-12/h4-6,9-12H,3,7-8H2,1-2H3,(H3,20,21,22,23,24,25,26). The van der Waals surface area contributed by atoms with E-state index in [1.165, 1.54) is 18.5 Å². The molecule has 8 nitrogen and oxygen atoms in total. The Labute approximate surface area is 151 Å². The SMILES string of the molecule is CCc1nc(Nc2cc(C3CC3)[nH]n2)nc(NC(C)c2ccccn2)n1. The Morgan fingerprint density at radius 2 is 2.04 bits per heavy atom. The summed E-state index contributed by atoms with van der Waals surface area (Å²) in [6.45, 7) is 4.05. The number of nitrogens with one attached hydrogen (secondary N) is 3. The summed E-state index contributed by atoms with van der Waals surface area (Å²) in [7, 11) is 0. The van der Waals surface area contributed by atoms with Crippen molar-refractivity contribution in [1.29, 1.82) is 0 Å². The van der Waals surface area contributed by atoms with Gasteiger partial charge in [-0.05, 0) is 31.9 Å². The van der Waals surface area contributed by atoms with Gasteiger partial charge in [0.1, 0.15) is 5.82 Å². The largest absolute Gasteiger partial charge is 0.346 e. The van der Waals surface area contributed by atoms with Crippen molar-refractivity contribution in [3.8, 4) is 0 Å². The molecule has 1 saturated carbocycles. The van der Waals surface area contributed by atoms with Gasteiger partial charge in [0.2, 0.25) is 11.9 Å². The molecule has 134 valence electrons. The van der Waals surface area contributed by atoms with E-state index in [1.54, 1.807) is 6.20 Å². The summed E-state index contributed by atoms with van der Waals surface area (Å²) in [6.07, 6.45) is 4.96. The van der Waals surface area contributed by atoms with Crippen LogP contribution in [0.25, 0.3) is 0 Å². The number of hydrogen-bond donors (Lipinski definition) is 3. The molecule has 1 atom stereocenters. The molecular formula is C18H22N8. The lowest BCUT2D eigenvalue weighted by Crippen LogP contribution is -2.13. The molecule has 3 heterocycles. The van der Waals surface area contributed by atoms with Crippen molar-refractivity contribution in [2.45, 2.75) is 45.1 Å². The third-order valence-corrected chi connectivity index (χ3v) is 4.33. The third kappa shape index (κ3) is 3.79.